The number of carbonyl (C=O) groups excluding carboxylic acids is 2. The van der Waals surface area contributed by atoms with Gasteiger partial charge in [0.05, 0.1) is 6.54 Å². The van der Waals surface area contributed by atoms with Crippen LogP contribution < -0.4 is 0 Å². The van der Waals surface area contributed by atoms with Crippen LogP contribution in [0.1, 0.15) is 33.6 Å². The highest BCUT2D eigenvalue weighted by Crippen LogP contribution is 2.19. The minimum Gasteiger partial charge on any atom is -0.459 e. The predicted molar refractivity (Wildman–Crippen MR) is 73.7 cm³/mol. The maximum Gasteiger partial charge on any atom is 0.320 e. The van der Waals surface area contributed by atoms with Crippen molar-refractivity contribution in [3.63, 3.8) is 0 Å². The summed E-state index contributed by atoms with van der Waals surface area (Å²) in [6.45, 7) is 7.49. The number of esters is 1. The lowest BCUT2D eigenvalue weighted by Gasteiger charge is -2.32. The molecule has 5 heteroatoms. The highest BCUT2D eigenvalue weighted by molar-refractivity contribution is 5.78. The summed E-state index contributed by atoms with van der Waals surface area (Å²) in [5.74, 6) is 0.103. The number of hydrogen-bond acceptors (Lipinski definition) is 4. The second-order valence-electron chi connectivity index (χ2n) is 6.37. The van der Waals surface area contributed by atoms with Gasteiger partial charge in [0.2, 0.25) is 5.91 Å². The maximum atomic E-state index is 11.8. The molecule has 1 heterocycles. The third-order valence-corrected chi connectivity index (χ3v) is 3.15. The Hall–Kier alpha value is -1.10. The second kappa shape index (κ2) is 6.37. The molecule has 1 fully saturated rings. The molecule has 0 atom stereocenters. The van der Waals surface area contributed by atoms with E-state index in [4.69, 9.17) is 4.74 Å². The van der Waals surface area contributed by atoms with Crippen LogP contribution >= 0.6 is 0 Å². The van der Waals surface area contributed by atoms with Crippen LogP contribution in [0.15, 0.2) is 0 Å². The minimum atomic E-state index is -0.434. The molecule has 0 aliphatic carbocycles. The molecule has 0 N–H and O–H groups in total. The van der Waals surface area contributed by atoms with E-state index in [0.717, 1.165) is 25.9 Å². The van der Waals surface area contributed by atoms with Gasteiger partial charge in [-0.25, -0.2) is 0 Å². The molecule has 0 radical (unpaired) electrons. The first-order chi connectivity index (χ1) is 8.69. The molecule has 1 amide bonds. The van der Waals surface area contributed by atoms with E-state index in [1.165, 1.54) is 0 Å². The summed E-state index contributed by atoms with van der Waals surface area (Å²) in [7, 11) is 3.57. The van der Waals surface area contributed by atoms with Crippen LogP contribution in [0.4, 0.5) is 0 Å². The van der Waals surface area contributed by atoms with Gasteiger partial charge in [-0.2, -0.15) is 0 Å². The van der Waals surface area contributed by atoms with Crippen LogP contribution in [0, 0.1) is 5.92 Å². The molecular formula is C14H26N2O3. The molecule has 0 aromatic heterocycles. The average Bonchev–Trinajstić information content (AvgIpc) is 2.26. The number of rotatable bonds is 3. The third kappa shape index (κ3) is 5.59. The van der Waals surface area contributed by atoms with E-state index in [-0.39, 0.29) is 17.8 Å². The number of amides is 1. The van der Waals surface area contributed by atoms with Gasteiger partial charge in [-0.1, -0.05) is 0 Å². The summed E-state index contributed by atoms with van der Waals surface area (Å²) >= 11 is 0. The lowest BCUT2D eigenvalue weighted by molar-refractivity contribution is -0.156. The van der Waals surface area contributed by atoms with E-state index in [0.29, 0.717) is 6.54 Å². The lowest BCUT2D eigenvalue weighted by atomic mass is 9.95. The van der Waals surface area contributed by atoms with Crippen molar-refractivity contribution in [2.75, 3.05) is 33.7 Å². The average molecular weight is 270 g/mol. The van der Waals surface area contributed by atoms with E-state index in [2.05, 4.69) is 4.90 Å². The molecule has 1 aliphatic heterocycles. The molecule has 1 saturated heterocycles. The van der Waals surface area contributed by atoms with E-state index in [1.807, 2.05) is 20.8 Å². The van der Waals surface area contributed by atoms with Crippen molar-refractivity contribution in [1.82, 2.24) is 9.80 Å². The quantitative estimate of drug-likeness (QED) is 0.721. The molecule has 0 bridgehead atoms. The zero-order valence-electron chi connectivity index (χ0n) is 12.7. The van der Waals surface area contributed by atoms with Crippen molar-refractivity contribution in [3.05, 3.63) is 0 Å². The second-order valence-corrected chi connectivity index (χ2v) is 6.37. The van der Waals surface area contributed by atoms with Crippen molar-refractivity contribution in [1.29, 1.82) is 0 Å². The summed E-state index contributed by atoms with van der Waals surface area (Å²) in [5.41, 5.74) is -0.434. The van der Waals surface area contributed by atoms with Crippen LogP contribution in [0.25, 0.3) is 0 Å². The molecule has 0 spiro atoms. The summed E-state index contributed by atoms with van der Waals surface area (Å²) in [5, 5.41) is 0. The Balaban J connectivity index is 2.34. The molecule has 1 rings (SSSR count). The zero-order chi connectivity index (χ0) is 14.6. The molecule has 0 unspecified atom stereocenters. The molecule has 1 aliphatic rings. The predicted octanol–water partition coefficient (Wildman–Crippen LogP) is 1.13. The molecule has 0 saturated carbocycles. The Bertz CT molecular complexity index is 326. The third-order valence-electron chi connectivity index (χ3n) is 3.15. The van der Waals surface area contributed by atoms with Gasteiger partial charge in [0.25, 0.3) is 0 Å². The topological polar surface area (TPSA) is 49.9 Å². The van der Waals surface area contributed by atoms with Gasteiger partial charge < -0.3 is 9.64 Å². The molecule has 5 nitrogen and oxygen atoms in total. The standard InChI is InChI=1S/C14H26N2O3/c1-14(2,3)19-12(17)10-16-8-6-11(7-9-16)13(18)15(4)5/h11H,6-10H2,1-5H3. The minimum absolute atomic E-state index is 0.102. The number of ether oxygens (including phenoxy) is 1. The first kappa shape index (κ1) is 16.0. The number of nitrogens with zero attached hydrogens (tertiary/aromatic N) is 2. The van der Waals surface area contributed by atoms with Crippen LogP contribution in [0.3, 0.4) is 0 Å². The number of piperidine rings is 1. The van der Waals surface area contributed by atoms with E-state index < -0.39 is 5.60 Å². The Morgan fingerprint density at radius 3 is 2.16 bits per heavy atom. The summed E-state index contributed by atoms with van der Waals surface area (Å²) in [4.78, 5) is 27.3. The molecular weight excluding hydrogens is 244 g/mol. The lowest BCUT2D eigenvalue weighted by Crippen LogP contribution is -2.43. The molecule has 19 heavy (non-hydrogen) atoms. The van der Waals surface area contributed by atoms with Crippen LogP contribution in [-0.4, -0.2) is 61.0 Å². The van der Waals surface area contributed by atoms with Crippen molar-refractivity contribution in [2.45, 2.75) is 39.2 Å². The highest BCUT2D eigenvalue weighted by Gasteiger charge is 2.27. The monoisotopic (exact) mass is 270 g/mol. The van der Waals surface area contributed by atoms with Gasteiger partial charge in [0.1, 0.15) is 5.60 Å². The van der Waals surface area contributed by atoms with E-state index in [9.17, 15) is 9.59 Å². The van der Waals surface area contributed by atoms with Gasteiger partial charge in [0.15, 0.2) is 0 Å². The fourth-order valence-corrected chi connectivity index (χ4v) is 2.26. The van der Waals surface area contributed by atoms with Crippen LogP contribution in [0.2, 0.25) is 0 Å². The smallest absolute Gasteiger partial charge is 0.320 e. The van der Waals surface area contributed by atoms with Gasteiger partial charge in [-0.05, 0) is 46.7 Å². The summed E-state index contributed by atoms with van der Waals surface area (Å²) < 4.78 is 5.30. The number of hydrogen-bond donors (Lipinski definition) is 0. The van der Waals surface area contributed by atoms with Gasteiger partial charge in [0, 0.05) is 20.0 Å². The largest absolute Gasteiger partial charge is 0.459 e. The van der Waals surface area contributed by atoms with E-state index >= 15 is 0 Å². The van der Waals surface area contributed by atoms with Crippen molar-refractivity contribution < 1.29 is 14.3 Å². The fourth-order valence-electron chi connectivity index (χ4n) is 2.26. The van der Waals surface area contributed by atoms with Crippen molar-refractivity contribution in [3.8, 4) is 0 Å². The van der Waals surface area contributed by atoms with Gasteiger partial charge in [-0.15, -0.1) is 0 Å². The van der Waals surface area contributed by atoms with Crippen LogP contribution in [0.5, 0.6) is 0 Å². The van der Waals surface area contributed by atoms with Crippen LogP contribution in [-0.2, 0) is 14.3 Å². The first-order valence-electron chi connectivity index (χ1n) is 6.84. The van der Waals surface area contributed by atoms with Crippen molar-refractivity contribution >= 4 is 11.9 Å². The molecule has 0 aromatic rings. The van der Waals surface area contributed by atoms with E-state index in [1.54, 1.807) is 19.0 Å². The Labute approximate surface area is 115 Å². The zero-order valence-corrected chi connectivity index (χ0v) is 12.7. The summed E-state index contributed by atoms with van der Waals surface area (Å²) in [6.07, 6.45) is 1.64. The number of carbonyl (C=O) groups is 2. The summed E-state index contributed by atoms with van der Waals surface area (Å²) in [6, 6.07) is 0. The maximum absolute atomic E-state index is 11.8. The Kier molecular flexibility index (Phi) is 5.35. The molecule has 110 valence electrons. The Morgan fingerprint density at radius 2 is 1.74 bits per heavy atom. The van der Waals surface area contributed by atoms with Gasteiger partial charge in [-0.3, -0.25) is 14.5 Å². The normalized spacial score (nSPS) is 18.2. The fraction of sp³-hybridized carbons (Fsp3) is 0.857. The van der Waals surface area contributed by atoms with Crippen molar-refractivity contribution in [2.24, 2.45) is 5.92 Å². The van der Waals surface area contributed by atoms with Gasteiger partial charge >= 0.3 is 5.97 Å². The first-order valence-corrected chi connectivity index (χ1v) is 6.84. The highest BCUT2D eigenvalue weighted by atomic mass is 16.6. The Morgan fingerprint density at radius 1 is 1.21 bits per heavy atom. The SMILES string of the molecule is CN(C)C(=O)C1CCN(CC(=O)OC(C)(C)C)CC1. The molecule has 0 aromatic carbocycles. The number of likely N-dealkylation sites (tertiary alicyclic amines) is 1.